The minimum Gasteiger partial charge on any atom is -0.410 e. The van der Waals surface area contributed by atoms with Gasteiger partial charge in [-0.25, -0.2) is 13.8 Å². The van der Waals surface area contributed by atoms with Gasteiger partial charge >= 0.3 is 24.6 Å². The van der Waals surface area contributed by atoms with Crippen molar-refractivity contribution in [2.45, 2.75) is 49.2 Å². The smallest absolute Gasteiger partial charge is 0.410 e. The highest BCUT2D eigenvalue weighted by Crippen LogP contribution is 2.48. The molecule has 244 valence electrons. The summed E-state index contributed by atoms with van der Waals surface area (Å²) in [6.45, 7) is 0. The predicted molar refractivity (Wildman–Crippen MR) is 127 cm³/mol. The predicted octanol–water partition coefficient (Wildman–Crippen LogP) is 6.78. The zero-order valence-corrected chi connectivity index (χ0v) is 22.7. The van der Waals surface area contributed by atoms with Crippen molar-refractivity contribution in [1.29, 1.82) is 5.26 Å². The number of nitriles is 1. The fraction of sp³-hybridized carbons (Fsp3) is 0.417. The summed E-state index contributed by atoms with van der Waals surface area (Å²) in [6.07, 6.45) is -27.7. The number of carbonyl (C=O) groups is 1. The maximum absolute atomic E-state index is 14.3. The second kappa shape index (κ2) is 11.0. The van der Waals surface area contributed by atoms with Crippen LogP contribution in [0.15, 0.2) is 30.6 Å². The number of halogens is 13. The van der Waals surface area contributed by atoms with E-state index < -0.39 is 65.4 Å². The van der Waals surface area contributed by atoms with Crippen LogP contribution in [-0.4, -0.2) is 55.6 Å². The average molecular weight is 683 g/mol. The van der Waals surface area contributed by atoms with E-state index in [1.165, 1.54) is 18.2 Å². The number of carbonyl (C=O) groups excluding carboxylic acids is 1. The highest BCUT2D eigenvalue weighted by Gasteiger charge is 2.68. The Kier molecular flexibility index (Phi) is 8.27. The van der Waals surface area contributed by atoms with Gasteiger partial charge in [0, 0.05) is 18.8 Å². The first kappa shape index (κ1) is 33.7. The summed E-state index contributed by atoms with van der Waals surface area (Å²) in [5.74, 6) is -9.52. The minimum absolute atomic E-state index is 0.00808. The number of hydrogen-bond donors (Lipinski definition) is 1. The molecular weight excluding hydrogens is 668 g/mol. The molecular formula is C24H15ClF12N6O2. The second-order valence-corrected chi connectivity index (χ2v) is 10.2. The fourth-order valence-corrected chi connectivity index (χ4v) is 4.31. The van der Waals surface area contributed by atoms with Crippen LogP contribution in [0.3, 0.4) is 0 Å². The van der Waals surface area contributed by atoms with E-state index in [1.54, 1.807) is 0 Å². The van der Waals surface area contributed by atoms with Crippen molar-refractivity contribution in [1.82, 2.24) is 24.9 Å². The van der Waals surface area contributed by atoms with Gasteiger partial charge in [0.1, 0.15) is 5.54 Å². The summed E-state index contributed by atoms with van der Waals surface area (Å²) in [5.41, 5.74) is -3.33. The first-order valence-electron chi connectivity index (χ1n) is 12.1. The first-order valence-corrected chi connectivity index (χ1v) is 12.5. The zero-order chi connectivity index (χ0) is 33.9. The van der Waals surface area contributed by atoms with Gasteiger partial charge in [-0.1, -0.05) is 17.7 Å². The maximum atomic E-state index is 14.3. The molecule has 0 aliphatic heterocycles. The SMILES string of the molecule is Cn1nc(OC(F)(F)C(F)C(C(F)(F)F)C(F)(F)F)c(C(F)(F)F)c1-n1cc(-c2ccc(Cl)c(C(=O)NC3(C#N)CC3)c2)cn1. The molecule has 2 aromatic heterocycles. The van der Waals surface area contributed by atoms with Crippen molar-refractivity contribution in [3.63, 3.8) is 0 Å². The van der Waals surface area contributed by atoms with Crippen LogP contribution >= 0.6 is 11.6 Å². The lowest BCUT2D eigenvalue weighted by molar-refractivity contribution is -0.341. The summed E-state index contributed by atoms with van der Waals surface area (Å²) < 4.78 is 166. The molecule has 1 aliphatic carbocycles. The van der Waals surface area contributed by atoms with Gasteiger partial charge in [-0.05, 0) is 30.5 Å². The van der Waals surface area contributed by atoms with Gasteiger partial charge in [0.15, 0.2) is 17.3 Å². The third kappa shape index (κ3) is 6.77. The molecule has 1 atom stereocenters. The van der Waals surface area contributed by atoms with E-state index in [-0.39, 0.29) is 26.4 Å². The number of ether oxygens (including phenoxy) is 1. The number of aryl methyl sites for hydroxylation is 1. The van der Waals surface area contributed by atoms with E-state index in [9.17, 15) is 62.7 Å². The molecule has 8 nitrogen and oxygen atoms in total. The number of alkyl halides is 12. The van der Waals surface area contributed by atoms with E-state index in [1.807, 2.05) is 6.07 Å². The molecule has 1 N–H and O–H groups in total. The van der Waals surface area contributed by atoms with Crippen LogP contribution in [0.25, 0.3) is 16.9 Å². The van der Waals surface area contributed by atoms with Crippen molar-refractivity contribution in [2.24, 2.45) is 13.0 Å². The molecule has 0 spiro atoms. The van der Waals surface area contributed by atoms with Gasteiger partial charge in [-0.15, -0.1) is 5.10 Å². The lowest BCUT2D eigenvalue weighted by Gasteiger charge is -2.30. The van der Waals surface area contributed by atoms with Gasteiger partial charge in [-0.3, -0.25) is 4.79 Å². The Bertz CT molecular complexity index is 1640. The minimum atomic E-state index is -6.62. The van der Waals surface area contributed by atoms with E-state index in [2.05, 4.69) is 20.3 Å². The number of amides is 1. The Morgan fingerprint density at radius 2 is 1.67 bits per heavy atom. The Morgan fingerprint density at radius 1 is 1.07 bits per heavy atom. The Morgan fingerprint density at radius 3 is 2.18 bits per heavy atom. The molecule has 45 heavy (non-hydrogen) atoms. The summed E-state index contributed by atoms with van der Waals surface area (Å²) in [6, 6.07) is 5.71. The number of hydrogen-bond acceptors (Lipinski definition) is 5. The third-order valence-electron chi connectivity index (χ3n) is 6.48. The van der Waals surface area contributed by atoms with Crippen LogP contribution in [0.1, 0.15) is 28.8 Å². The molecule has 1 saturated carbocycles. The number of nitrogens with one attached hydrogen (secondary N) is 1. The van der Waals surface area contributed by atoms with E-state index in [4.69, 9.17) is 11.6 Å². The molecule has 21 heteroatoms. The van der Waals surface area contributed by atoms with Crippen molar-refractivity contribution in [3.8, 4) is 28.9 Å². The average Bonchev–Trinajstić information content (AvgIpc) is 3.33. The van der Waals surface area contributed by atoms with Crippen molar-refractivity contribution < 1.29 is 62.2 Å². The van der Waals surface area contributed by atoms with Gasteiger partial charge in [0.2, 0.25) is 6.17 Å². The Hall–Kier alpha value is -4.15. The monoisotopic (exact) mass is 682 g/mol. The topological polar surface area (TPSA) is 97.8 Å². The molecule has 1 fully saturated rings. The summed E-state index contributed by atoms with van der Waals surface area (Å²) >= 11 is 6.08. The maximum Gasteiger partial charge on any atom is 0.432 e. The van der Waals surface area contributed by atoms with Crippen LogP contribution in [-0.2, 0) is 13.2 Å². The number of aromatic nitrogens is 4. The largest absolute Gasteiger partial charge is 0.432 e. The fourth-order valence-electron chi connectivity index (χ4n) is 4.11. The van der Waals surface area contributed by atoms with Crippen LogP contribution in [0.4, 0.5) is 52.7 Å². The van der Waals surface area contributed by atoms with Gasteiger partial charge in [0.05, 0.1) is 22.9 Å². The Balaban J connectivity index is 1.71. The lowest BCUT2D eigenvalue weighted by atomic mass is 10.0. The molecule has 1 amide bonds. The van der Waals surface area contributed by atoms with Crippen LogP contribution < -0.4 is 10.1 Å². The van der Waals surface area contributed by atoms with Crippen LogP contribution in [0.2, 0.25) is 5.02 Å². The van der Waals surface area contributed by atoms with E-state index in [0.717, 1.165) is 12.4 Å². The molecule has 1 aliphatic rings. The molecule has 3 aromatic rings. The van der Waals surface area contributed by atoms with E-state index in [0.29, 0.717) is 24.6 Å². The summed E-state index contributed by atoms with van der Waals surface area (Å²) in [4.78, 5) is 12.7. The summed E-state index contributed by atoms with van der Waals surface area (Å²) in [7, 11) is 0.714. The molecule has 1 unspecified atom stereocenters. The summed E-state index contributed by atoms with van der Waals surface area (Å²) in [5, 5.41) is 18.3. The molecule has 2 heterocycles. The van der Waals surface area contributed by atoms with E-state index >= 15 is 0 Å². The molecule has 1 aromatic carbocycles. The third-order valence-corrected chi connectivity index (χ3v) is 6.81. The number of rotatable bonds is 8. The first-order chi connectivity index (χ1) is 20.5. The molecule has 0 saturated heterocycles. The number of nitrogens with zero attached hydrogens (tertiary/aromatic N) is 5. The van der Waals surface area contributed by atoms with Crippen molar-refractivity contribution in [2.75, 3.05) is 0 Å². The lowest BCUT2D eigenvalue weighted by Crippen LogP contribution is -2.52. The highest BCUT2D eigenvalue weighted by molar-refractivity contribution is 6.34. The van der Waals surface area contributed by atoms with Crippen LogP contribution in [0, 0.1) is 17.2 Å². The zero-order valence-electron chi connectivity index (χ0n) is 21.9. The number of benzene rings is 1. The van der Waals surface area contributed by atoms with Gasteiger partial charge in [-0.2, -0.15) is 58.7 Å². The molecule has 0 radical (unpaired) electrons. The Labute approximate surface area is 248 Å². The quantitative estimate of drug-likeness (QED) is 0.264. The standard InChI is InChI=1S/C24H15ClF12N6O2/c1-42-19(14(21(27,28)29)18(41-42)45-24(36,37)16(26)15(22(30,31)32)23(33,34)35)43-8-11(7-39-43)10-2-3-13(25)12(6-10)17(44)40-20(9-38)4-5-20/h2-3,6-8,15-16H,4-5H2,1H3,(H,40,44). The van der Waals surface area contributed by atoms with Crippen molar-refractivity contribution >= 4 is 17.5 Å². The molecule has 0 bridgehead atoms. The normalized spacial score (nSPS) is 16.0. The highest BCUT2D eigenvalue weighted by atomic mass is 35.5. The van der Waals surface area contributed by atoms with Crippen molar-refractivity contribution in [3.05, 3.63) is 46.7 Å². The van der Waals surface area contributed by atoms with Gasteiger partial charge < -0.3 is 10.1 Å². The van der Waals surface area contributed by atoms with Crippen LogP contribution in [0.5, 0.6) is 5.88 Å². The molecule has 4 rings (SSSR count). The van der Waals surface area contributed by atoms with Gasteiger partial charge in [0.25, 0.3) is 11.8 Å². The second-order valence-electron chi connectivity index (χ2n) is 9.77.